The monoisotopic (exact) mass is 451 g/mol. The van der Waals surface area contributed by atoms with Gasteiger partial charge < -0.3 is 15.2 Å². The third-order valence-electron chi connectivity index (χ3n) is 5.70. The number of aromatic nitrogens is 4. The summed E-state index contributed by atoms with van der Waals surface area (Å²) in [6.07, 6.45) is 8.52. The van der Waals surface area contributed by atoms with E-state index < -0.39 is 5.91 Å². The minimum atomic E-state index is -0.431. The summed E-state index contributed by atoms with van der Waals surface area (Å²) in [4.78, 5) is 26.7. The van der Waals surface area contributed by atoms with Crippen LogP contribution in [-0.4, -0.2) is 32.0 Å². The first-order valence-electron chi connectivity index (χ1n) is 11.0. The summed E-state index contributed by atoms with van der Waals surface area (Å²) in [5, 5.41) is 9.01. The summed E-state index contributed by atoms with van der Waals surface area (Å²) < 4.78 is 1.98. The molecule has 4 rings (SSSR count). The molecule has 2 N–H and O–H groups in total. The Bertz CT molecular complexity index is 1300. The number of carbonyl (C=O) groups excluding carboxylic acids is 1. The highest BCUT2D eigenvalue weighted by molar-refractivity contribution is 5.99. The van der Waals surface area contributed by atoms with Gasteiger partial charge in [0.1, 0.15) is 11.9 Å². The predicted molar refractivity (Wildman–Crippen MR) is 130 cm³/mol. The molecule has 0 spiro atoms. The Balaban J connectivity index is 1.44. The van der Waals surface area contributed by atoms with E-state index in [1.807, 2.05) is 54.2 Å². The average Bonchev–Trinajstić information content (AvgIpc) is 3.28. The smallest absolute Gasteiger partial charge is 0.249 e. The number of rotatable bonds is 9. The molecule has 2 aromatic carbocycles. The molecule has 2 heterocycles. The van der Waals surface area contributed by atoms with Crippen LogP contribution in [-0.2, 0) is 20.0 Å². The number of nitriles is 1. The van der Waals surface area contributed by atoms with Crippen LogP contribution in [0.2, 0.25) is 0 Å². The average molecular weight is 452 g/mol. The lowest BCUT2D eigenvalue weighted by Crippen LogP contribution is -2.26. The van der Waals surface area contributed by atoms with E-state index in [-0.39, 0.29) is 0 Å². The van der Waals surface area contributed by atoms with Crippen molar-refractivity contribution in [2.24, 2.45) is 12.8 Å². The van der Waals surface area contributed by atoms with Crippen LogP contribution in [0.4, 0.5) is 5.82 Å². The maximum Gasteiger partial charge on any atom is 0.249 e. The summed E-state index contributed by atoms with van der Waals surface area (Å²) in [6.45, 7) is 1.40. The number of amides is 1. The van der Waals surface area contributed by atoms with E-state index in [1.165, 1.54) is 11.8 Å². The molecule has 0 fully saturated rings. The molecule has 170 valence electrons. The lowest BCUT2D eigenvalue weighted by molar-refractivity contribution is 0.100. The maximum absolute atomic E-state index is 11.7. The van der Waals surface area contributed by atoms with E-state index >= 15 is 0 Å². The minimum absolute atomic E-state index is 0.294. The first-order chi connectivity index (χ1) is 16.5. The first kappa shape index (κ1) is 22.7. The van der Waals surface area contributed by atoms with Crippen molar-refractivity contribution in [3.05, 3.63) is 96.0 Å². The van der Waals surface area contributed by atoms with Crippen molar-refractivity contribution >= 4 is 11.7 Å². The van der Waals surface area contributed by atoms with E-state index in [2.05, 4.69) is 32.0 Å². The number of carbonyl (C=O) groups is 1. The molecule has 8 nitrogen and oxygen atoms in total. The van der Waals surface area contributed by atoms with Crippen LogP contribution in [0.25, 0.3) is 11.1 Å². The second-order valence-electron chi connectivity index (χ2n) is 8.00. The Labute approximate surface area is 198 Å². The van der Waals surface area contributed by atoms with Gasteiger partial charge in [0.25, 0.3) is 0 Å². The van der Waals surface area contributed by atoms with Gasteiger partial charge in [0.05, 0.1) is 31.0 Å². The molecule has 8 heteroatoms. The van der Waals surface area contributed by atoms with E-state index in [0.29, 0.717) is 17.8 Å². The van der Waals surface area contributed by atoms with Gasteiger partial charge in [-0.3, -0.25) is 4.79 Å². The normalized spacial score (nSPS) is 10.6. The molecule has 34 heavy (non-hydrogen) atoms. The largest absolute Gasteiger partial charge is 0.366 e. The molecule has 0 aliphatic heterocycles. The minimum Gasteiger partial charge on any atom is -0.366 e. The van der Waals surface area contributed by atoms with Crippen molar-refractivity contribution in [1.29, 1.82) is 5.26 Å². The molecule has 0 saturated carbocycles. The van der Waals surface area contributed by atoms with Crippen molar-refractivity contribution in [1.82, 2.24) is 19.5 Å². The van der Waals surface area contributed by atoms with E-state index in [0.717, 1.165) is 42.0 Å². The number of hydrogen-bond acceptors (Lipinski definition) is 6. The summed E-state index contributed by atoms with van der Waals surface area (Å²) in [7, 11) is 1.96. The van der Waals surface area contributed by atoms with Crippen LogP contribution in [0.1, 0.15) is 33.7 Å². The van der Waals surface area contributed by atoms with Crippen LogP contribution in [0, 0.1) is 11.3 Å². The topological polar surface area (TPSA) is 114 Å². The van der Waals surface area contributed by atoms with Crippen LogP contribution in [0.5, 0.6) is 0 Å². The quantitative estimate of drug-likeness (QED) is 0.417. The number of imidazole rings is 1. The van der Waals surface area contributed by atoms with E-state index in [9.17, 15) is 4.79 Å². The molecule has 0 bridgehead atoms. The second kappa shape index (κ2) is 10.4. The number of nitrogens with two attached hydrogens (primary N) is 1. The Morgan fingerprint density at radius 2 is 1.88 bits per heavy atom. The fourth-order valence-corrected chi connectivity index (χ4v) is 3.82. The Kier molecular flexibility index (Phi) is 6.94. The Morgan fingerprint density at radius 3 is 2.53 bits per heavy atom. The molecule has 0 unspecified atom stereocenters. The standard InChI is InChI=1S/C26H25N7O/c1-32-18-29-15-22(32)17-33(25-16-30-21(13-27)14-31-25)12-4-5-19-8-10-20(11-9-19)23-6-2-3-7-24(23)26(28)34/h2-3,6-11,14-16,18H,4-5,12,17H2,1H3,(H2,28,34). The van der Waals surface area contributed by atoms with Crippen LogP contribution >= 0.6 is 0 Å². The molecule has 0 saturated heterocycles. The van der Waals surface area contributed by atoms with Gasteiger partial charge in [0.15, 0.2) is 5.69 Å². The van der Waals surface area contributed by atoms with Crippen LogP contribution in [0.3, 0.4) is 0 Å². The zero-order valence-corrected chi connectivity index (χ0v) is 18.9. The fourth-order valence-electron chi connectivity index (χ4n) is 3.82. The first-order valence-corrected chi connectivity index (χ1v) is 11.0. The van der Waals surface area contributed by atoms with Gasteiger partial charge in [-0.15, -0.1) is 0 Å². The van der Waals surface area contributed by atoms with Gasteiger partial charge in [-0.25, -0.2) is 15.0 Å². The van der Waals surface area contributed by atoms with Crippen LogP contribution < -0.4 is 10.6 Å². The number of aryl methyl sites for hydroxylation is 2. The maximum atomic E-state index is 11.7. The Morgan fingerprint density at radius 1 is 1.09 bits per heavy atom. The lowest BCUT2D eigenvalue weighted by atomic mass is 9.97. The SMILES string of the molecule is Cn1cncc1CN(CCCc1ccc(-c2ccccc2C(N)=O)cc1)c1cnc(C#N)cn1. The summed E-state index contributed by atoms with van der Waals surface area (Å²) >= 11 is 0. The molecule has 0 aliphatic rings. The molecule has 4 aromatic rings. The van der Waals surface area contributed by atoms with Crippen molar-refractivity contribution in [2.45, 2.75) is 19.4 Å². The van der Waals surface area contributed by atoms with Crippen LogP contribution in [0.15, 0.2) is 73.4 Å². The number of nitrogens with zero attached hydrogens (tertiary/aromatic N) is 6. The van der Waals surface area contributed by atoms with Gasteiger partial charge >= 0.3 is 0 Å². The van der Waals surface area contributed by atoms with Gasteiger partial charge in [0, 0.05) is 25.4 Å². The molecule has 0 atom stereocenters. The highest BCUT2D eigenvalue weighted by Gasteiger charge is 2.13. The number of primary amides is 1. The summed E-state index contributed by atoms with van der Waals surface area (Å²) in [5.41, 5.74) is 10.4. The number of hydrogen-bond donors (Lipinski definition) is 1. The molecule has 0 aliphatic carbocycles. The molecular formula is C26H25N7O. The Hall–Kier alpha value is -4.51. The van der Waals surface area contributed by atoms with Gasteiger partial charge in [-0.1, -0.05) is 42.5 Å². The molecule has 2 aromatic heterocycles. The van der Waals surface area contributed by atoms with Gasteiger partial charge in [0.2, 0.25) is 5.91 Å². The summed E-state index contributed by atoms with van der Waals surface area (Å²) in [5.74, 6) is 0.290. The third kappa shape index (κ3) is 5.27. The molecule has 0 radical (unpaired) electrons. The second-order valence-corrected chi connectivity index (χ2v) is 8.00. The van der Waals surface area contributed by atoms with E-state index in [4.69, 9.17) is 11.0 Å². The number of anilines is 1. The number of benzene rings is 2. The zero-order valence-electron chi connectivity index (χ0n) is 18.9. The lowest BCUT2D eigenvalue weighted by Gasteiger charge is -2.23. The zero-order chi connectivity index (χ0) is 23.9. The highest BCUT2D eigenvalue weighted by Crippen LogP contribution is 2.24. The third-order valence-corrected chi connectivity index (χ3v) is 5.70. The van der Waals surface area contributed by atoms with Crippen molar-refractivity contribution in [3.63, 3.8) is 0 Å². The fraction of sp³-hybridized carbons (Fsp3) is 0.192. The van der Waals surface area contributed by atoms with Crippen molar-refractivity contribution < 1.29 is 4.79 Å². The molecular weight excluding hydrogens is 426 g/mol. The predicted octanol–water partition coefficient (Wildman–Crippen LogP) is 3.49. The van der Waals surface area contributed by atoms with Crippen molar-refractivity contribution in [2.75, 3.05) is 11.4 Å². The van der Waals surface area contributed by atoms with Gasteiger partial charge in [-0.2, -0.15) is 5.26 Å². The summed E-state index contributed by atoms with van der Waals surface area (Å²) in [6, 6.07) is 17.6. The van der Waals surface area contributed by atoms with E-state index in [1.54, 1.807) is 18.6 Å². The van der Waals surface area contributed by atoms with Gasteiger partial charge in [-0.05, 0) is 35.6 Å². The van der Waals surface area contributed by atoms with Crippen molar-refractivity contribution in [3.8, 4) is 17.2 Å². The highest BCUT2D eigenvalue weighted by atomic mass is 16.1. The molecule has 1 amide bonds.